The van der Waals surface area contributed by atoms with E-state index < -0.39 is 0 Å². The van der Waals surface area contributed by atoms with Crippen molar-refractivity contribution in [1.82, 2.24) is 0 Å². The van der Waals surface area contributed by atoms with Crippen molar-refractivity contribution in [2.24, 2.45) is 5.41 Å². The highest BCUT2D eigenvalue weighted by Gasteiger charge is 2.23. The summed E-state index contributed by atoms with van der Waals surface area (Å²) >= 11 is 0. The van der Waals surface area contributed by atoms with Crippen molar-refractivity contribution in [2.75, 3.05) is 0 Å². The Morgan fingerprint density at radius 3 is 2.38 bits per heavy atom. The SMILES string of the molecule is C=CC(C)(C)C(O)CCCCCC. The van der Waals surface area contributed by atoms with Crippen LogP contribution in [-0.4, -0.2) is 11.2 Å². The molecule has 78 valence electrons. The molecule has 0 aliphatic rings. The Morgan fingerprint density at radius 2 is 1.92 bits per heavy atom. The molecular weight excluding hydrogens is 160 g/mol. The van der Waals surface area contributed by atoms with Crippen LogP contribution in [0.15, 0.2) is 12.7 Å². The summed E-state index contributed by atoms with van der Waals surface area (Å²) in [7, 11) is 0. The van der Waals surface area contributed by atoms with Gasteiger partial charge in [-0.25, -0.2) is 0 Å². The molecule has 1 N–H and O–H groups in total. The Labute approximate surface area is 82.9 Å². The van der Waals surface area contributed by atoms with Crippen molar-refractivity contribution in [3.8, 4) is 0 Å². The summed E-state index contributed by atoms with van der Waals surface area (Å²) < 4.78 is 0. The molecule has 0 saturated heterocycles. The molecule has 0 aromatic carbocycles. The molecule has 0 fully saturated rings. The summed E-state index contributed by atoms with van der Waals surface area (Å²) in [6.45, 7) is 10.0. The van der Waals surface area contributed by atoms with Crippen molar-refractivity contribution in [3.63, 3.8) is 0 Å². The highest BCUT2D eigenvalue weighted by molar-refractivity contribution is 4.92. The molecule has 1 unspecified atom stereocenters. The third kappa shape index (κ3) is 5.09. The smallest absolute Gasteiger partial charge is 0.0625 e. The number of aliphatic hydroxyl groups excluding tert-OH is 1. The van der Waals surface area contributed by atoms with Gasteiger partial charge in [0, 0.05) is 5.41 Å². The molecule has 0 spiro atoms. The molecule has 0 radical (unpaired) electrons. The standard InChI is InChI=1S/C12H24O/c1-5-7-8-9-10-11(13)12(3,4)6-2/h6,11,13H,2,5,7-10H2,1,3-4H3. The van der Waals surface area contributed by atoms with Crippen LogP contribution in [0.1, 0.15) is 52.9 Å². The van der Waals surface area contributed by atoms with Crippen LogP contribution in [0.25, 0.3) is 0 Å². The van der Waals surface area contributed by atoms with E-state index >= 15 is 0 Å². The summed E-state index contributed by atoms with van der Waals surface area (Å²) in [5, 5.41) is 9.81. The van der Waals surface area contributed by atoms with Crippen LogP contribution >= 0.6 is 0 Å². The highest BCUT2D eigenvalue weighted by Crippen LogP contribution is 2.25. The first kappa shape index (κ1) is 12.7. The third-order valence-electron chi connectivity index (χ3n) is 2.72. The normalized spacial score (nSPS) is 14.2. The zero-order valence-electron chi connectivity index (χ0n) is 9.34. The van der Waals surface area contributed by atoms with Gasteiger partial charge in [-0.3, -0.25) is 0 Å². The zero-order valence-corrected chi connectivity index (χ0v) is 9.34. The van der Waals surface area contributed by atoms with E-state index in [4.69, 9.17) is 0 Å². The molecule has 0 aromatic rings. The summed E-state index contributed by atoms with van der Waals surface area (Å²) in [4.78, 5) is 0. The van der Waals surface area contributed by atoms with Crippen LogP contribution in [0.5, 0.6) is 0 Å². The molecule has 1 nitrogen and oxygen atoms in total. The Hall–Kier alpha value is -0.300. The van der Waals surface area contributed by atoms with E-state index in [1.165, 1.54) is 19.3 Å². The molecule has 13 heavy (non-hydrogen) atoms. The number of hydrogen-bond donors (Lipinski definition) is 1. The quantitative estimate of drug-likeness (QED) is 0.474. The number of rotatable bonds is 7. The molecule has 1 atom stereocenters. The minimum atomic E-state index is -0.234. The first-order valence-corrected chi connectivity index (χ1v) is 5.36. The molecular formula is C12H24O. The molecule has 0 aromatic heterocycles. The van der Waals surface area contributed by atoms with Crippen LogP contribution in [0.2, 0.25) is 0 Å². The van der Waals surface area contributed by atoms with Crippen molar-refractivity contribution in [3.05, 3.63) is 12.7 Å². The lowest BCUT2D eigenvalue weighted by Gasteiger charge is -2.26. The average molecular weight is 184 g/mol. The topological polar surface area (TPSA) is 20.2 Å². The predicted molar refractivity (Wildman–Crippen MR) is 58.7 cm³/mol. The molecule has 0 heterocycles. The Balaban J connectivity index is 3.61. The third-order valence-corrected chi connectivity index (χ3v) is 2.72. The molecule has 0 amide bonds. The van der Waals surface area contributed by atoms with Gasteiger partial charge in [0.2, 0.25) is 0 Å². The van der Waals surface area contributed by atoms with Gasteiger partial charge < -0.3 is 5.11 Å². The maximum absolute atomic E-state index is 9.81. The lowest BCUT2D eigenvalue weighted by atomic mass is 9.84. The van der Waals surface area contributed by atoms with Crippen molar-refractivity contribution < 1.29 is 5.11 Å². The van der Waals surface area contributed by atoms with Gasteiger partial charge in [0.15, 0.2) is 0 Å². The van der Waals surface area contributed by atoms with E-state index in [9.17, 15) is 5.11 Å². The van der Waals surface area contributed by atoms with Gasteiger partial charge in [0.1, 0.15) is 0 Å². The first-order valence-electron chi connectivity index (χ1n) is 5.36. The van der Waals surface area contributed by atoms with E-state index in [1.807, 2.05) is 19.9 Å². The fraction of sp³-hybridized carbons (Fsp3) is 0.833. The lowest BCUT2D eigenvalue weighted by molar-refractivity contribution is 0.0716. The summed E-state index contributed by atoms with van der Waals surface area (Å²) in [5.74, 6) is 0. The van der Waals surface area contributed by atoms with Crippen LogP contribution < -0.4 is 0 Å². The van der Waals surface area contributed by atoms with Gasteiger partial charge in [0.05, 0.1) is 6.10 Å². The molecule has 0 bridgehead atoms. The van der Waals surface area contributed by atoms with Gasteiger partial charge in [0.25, 0.3) is 0 Å². The predicted octanol–water partition coefficient (Wildman–Crippen LogP) is 3.53. The average Bonchev–Trinajstić information content (AvgIpc) is 2.12. The number of hydrogen-bond acceptors (Lipinski definition) is 1. The molecule has 0 aliphatic heterocycles. The Bertz CT molecular complexity index is 138. The maximum Gasteiger partial charge on any atom is 0.0625 e. The molecule has 0 aliphatic carbocycles. The Morgan fingerprint density at radius 1 is 1.31 bits per heavy atom. The van der Waals surface area contributed by atoms with E-state index in [2.05, 4.69) is 13.5 Å². The van der Waals surface area contributed by atoms with Gasteiger partial charge >= 0.3 is 0 Å². The summed E-state index contributed by atoms with van der Waals surface area (Å²) in [5.41, 5.74) is -0.133. The first-order chi connectivity index (χ1) is 6.04. The second-order valence-electron chi connectivity index (χ2n) is 4.39. The van der Waals surface area contributed by atoms with Gasteiger partial charge in [-0.1, -0.05) is 52.5 Å². The van der Waals surface area contributed by atoms with Gasteiger partial charge in [-0.05, 0) is 6.42 Å². The van der Waals surface area contributed by atoms with E-state index in [1.54, 1.807) is 0 Å². The Kier molecular flexibility index (Phi) is 6.06. The minimum Gasteiger partial charge on any atom is -0.392 e. The molecule has 0 saturated carbocycles. The van der Waals surface area contributed by atoms with Crippen LogP contribution in [0.4, 0.5) is 0 Å². The largest absolute Gasteiger partial charge is 0.392 e. The minimum absolute atomic E-state index is 0.133. The van der Waals surface area contributed by atoms with Crippen LogP contribution in [0.3, 0.4) is 0 Å². The van der Waals surface area contributed by atoms with Crippen LogP contribution in [0, 0.1) is 5.41 Å². The van der Waals surface area contributed by atoms with E-state index in [-0.39, 0.29) is 11.5 Å². The van der Waals surface area contributed by atoms with Crippen molar-refractivity contribution >= 4 is 0 Å². The second kappa shape index (κ2) is 6.20. The summed E-state index contributed by atoms with van der Waals surface area (Å²) in [6.07, 6.45) is 7.41. The highest BCUT2D eigenvalue weighted by atomic mass is 16.3. The van der Waals surface area contributed by atoms with Crippen LogP contribution in [-0.2, 0) is 0 Å². The second-order valence-corrected chi connectivity index (χ2v) is 4.39. The number of aliphatic hydroxyl groups is 1. The number of unbranched alkanes of at least 4 members (excludes halogenated alkanes) is 3. The fourth-order valence-corrected chi connectivity index (χ4v) is 1.27. The lowest BCUT2D eigenvalue weighted by Crippen LogP contribution is -2.26. The van der Waals surface area contributed by atoms with E-state index in [0.29, 0.717) is 0 Å². The maximum atomic E-state index is 9.81. The van der Waals surface area contributed by atoms with Gasteiger partial charge in [-0.2, -0.15) is 0 Å². The van der Waals surface area contributed by atoms with E-state index in [0.717, 1.165) is 12.8 Å². The fourth-order valence-electron chi connectivity index (χ4n) is 1.27. The molecule has 0 rings (SSSR count). The monoisotopic (exact) mass is 184 g/mol. The zero-order chi connectivity index (χ0) is 10.3. The summed E-state index contributed by atoms with van der Waals surface area (Å²) in [6, 6.07) is 0. The van der Waals surface area contributed by atoms with Crippen molar-refractivity contribution in [1.29, 1.82) is 0 Å². The van der Waals surface area contributed by atoms with Gasteiger partial charge in [-0.15, -0.1) is 6.58 Å². The molecule has 1 heteroatoms. The van der Waals surface area contributed by atoms with Crippen molar-refractivity contribution in [2.45, 2.75) is 59.0 Å².